The molecule has 4 rings (SSSR count). The molecule has 2 unspecified atom stereocenters. The molecule has 3 fully saturated rings. The molecule has 1 aromatic rings. The summed E-state index contributed by atoms with van der Waals surface area (Å²) in [5.41, 5.74) is -1.21. The van der Waals surface area contributed by atoms with Crippen molar-refractivity contribution in [3.63, 3.8) is 0 Å². The van der Waals surface area contributed by atoms with Crippen LogP contribution in [0, 0.1) is 11.8 Å². The van der Waals surface area contributed by atoms with Gasteiger partial charge in [-0.1, -0.05) is 43.3 Å². The molecule has 0 aromatic heterocycles. The van der Waals surface area contributed by atoms with Crippen molar-refractivity contribution in [3.8, 4) is 0 Å². The number of nitrogens with zero attached hydrogens (tertiary/aromatic N) is 2. The number of hydrogen-bond donors (Lipinski definition) is 2. The van der Waals surface area contributed by atoms with Gasteiger partial charge in [0.05, 0.1) is 18.1 Å². The van der Waals surface area contributed by atoms with E-state index in [2.05, 4.69) is 6.58 Å². The molecule has 172 valence electrons. The molecular weight excluding hydrogens is 412 g/mol. The van der Waals surface area contributed by atoms with Gasteiger partial charge in [-0.3, -0.25) is 14.4 Å². The smallest absolute Gasteiger partial charge is 0.310 e. The van der Waals surface area contributed by atoms with Crippen LogP contribution in [0.1, 0.15) is 31.7 Å². The molecule has 0 radical (unpaired) electrons. The molecule has 1 spiro atoms. The Bertz CT molecular complexity index is 920. The first-order valence-electron chi connectivity index (χ1n) is 11.1. The van der Waals surface area contributed by atoms with Crippen molar-refractivity contribution < 1.29 is 29.3 Å². The summed E-state index contributed by atoms with van der Waals surface area (Å²) in [4.78, 5) is 42.6. The van der Waals surface area contributed by atoms with Gasteiger partial charge in [-0.25, -0.2) is 0 Å². The van der Waals surface area contributed by atoms with Gasteiger partial charge < -0.3 is 24.7 Å². The van der Waals surface area contributed by atoms with Gasteiger partial charge in [-0.2, -0.15) is 0 Å². The van der Waals surface area contributed by atoms with Crippen LogP contribution >= 0.6 is 0 Å². The Morgan fingerprint density at radius 3 is 2.62 bits per heavy atom. The second-order valence-electron chi connectivity index (χ2n) is 8.92. The van der Waals surface area contributed by atoms with E-state index in [4.69, 9.17) is 4.74 Å². The van der Waals surface area contributed by atoms with E-state index >= 15 is 0 Å². The molecule has 3 aliphatic heterocycles. The number of carbonyl (C=O) groups excluding carboxylic acids is 2. The number of fused-ring (bicyclic) bond motifs is 1. The van der Waals surface area contributed by atoms with Crippen molar-refractivity contribution in [2.45, 2.75) is 50.0 Å². The van der Waals surface area contributed by atoms with E-state index in [1.54, 1.807) is 11.0 Å². The van der Waals surface area contributed by atoms with Crippen molar-refractivity contribution in [2.24, 2.45) is 11.8 Å². The van der Waals surface area contributed by atoms with Gasteiger partial charge in [-0.05, 0) is 24.8 Å². The van der Waals surface area contributed by atoms with Gasteiger partial charge >= 0.3 is 5.97 Å². The SMILES string of the molecule is C=CCN(Cc1ccccc1)C(=O)C1N(CCO)C(=O)[C@@H]2[C@H](C(=O)O)[C@]3(CC)CCC12O3. The highest BCUT2D eigenvalue weighted by Gasteiger charge is 2.79. The number of aliphatic hydroxyl groups is 1. The maximum absolute atomic E-state index is 13.9. The summed E-state index contributed by atoms with van der Waals surface area (Å²) in [5, 5.41) is 19.6. The number of carboxylic acid groups (broad SMARTS) is 1. The fourth-order valence-electron chi connectivity index (χ4n) is 6.09. The summed E-state index contributed by atoms with van der Waals surface area (Å²) in [5.74, 6) is -3.74. The average molecular weight is 443 g/mol. The van der Waals surface area contributed by atoms with E-state index in [0.717, 1.165) is 5.56 Å². The predicted octanol–water partition coefficient (Wildman–Crippen LogP) is 1.43. The first-order valence-corrected chi connectivity index (χ1v) is 11.1. The van der Waals surface area contributed by atoms with Gasteiger partial charge in [-0.15, -0.1) is 6.58 Å². The molecular formula is C24H30N2O6. The van der Waals surface area contributed by atoms with Gasteiger partial charge in [0, 0.05) is 19.6 Å². The Hall–Kier alpha value is -2.71. The minimum absolute atomic E-state index is 0.0461. The number of likely N-dealkylation sites (tertiary alicyclic amines) is 1. The Balaban J connectivity index is 1.75. The first kappa shape index (κ1) is 22.5. The maximum Gasteiger partial charge on any atom is 0.310 e. The van der Waals surface area contributed by atoms with E-state index in [9.17, 15) is 24.6 Å². The number of aliphatic hydroxyl groups excluding tert-OH is 1. The number of amides is 2. The number of hydrogen-bond acceptors (Lipinski definition) is 5. The van der Waals surface area contributed by atoms with E-state index < -0.39 is 41.0 Å². The Kier molecular flexibility index (Phi) is 5.85. The standard InChI is InChI=1S/C24H30N2O6/c1-3-12-25(15-16-8-6-5-7-9-16)21(29)19-24-11-10-23(4-2,32-24)18(22(30)31)17(24)20(28)26(19)13-14-27/h3,5-9,17-19,27H,1,4,10-15H2,2H3,(H,30,31)/t17-,18+,19?,23-,24?/m0/s1. The fraction of sp³-hybridized carbons (Fsp3) is 0.542. The zero-order valence-corrected chi connectivity index (χ0v) is 18.3. The third kappa shape index (κ3) is 3.16. The summed E-state index contributed by atoms with van der Waals surface area (Å²) in [7, 11) is 0. The monoisotopic (exact) mass is 442 g/mol. The van der Waals surface area contributed by atoms with E-state index in [0.29, 0.717) is 25.8 Å². The molecule has 2 N–H and O–H groups in total. The molecule has 0 aliphatic carbocycles. The van der Waals surface area contributed by atoms with Crippen LogP contribution in [0.15, 0.2) is 43.0 Å². The molecule has 3 aliphatic rings. The third-order valence-electron chi connectivity index (χ3n) is 7.40. The van der Waals surface area contributed by atoms with Crippen molar-refractivity contribution in [1.29, 1.82) is 0 Å². The zero-order chi connectivity index (χ0) is 23.1. The quantitative estimate of drug-likeness (QED) is 0.561. The Morgan fingerprint density at radius 2 is 2.03 bits per heavy atom. The molecule has 2 bridgehead atoms. The second-order valence-corrected chi connectivity index (χ2v) is 8.92. The van der Waals surface area contributed by atoms with E-state index in [1.807, 2.05) is 37.3 Å². The molecule has 8 heteroatoms. The van der Waals surface area contributed by atoms with Crippen molar-refractivity contribution >= 4 is 17.8 Å². The van der Waals surface area contributed by atoms with Crippen LogP contribution in [0.2, 0.25) is 0 Å². The molecule has 2 amide bonds. The van der Waals surface area contributed by atoms with Crippen LogP contribution in [0.3, 0.4) is 0 Å². The highest BCUT2D eigenvalue weighted by atomic mass is 16.5. The lowest BCUT2D eigenvalue weighted by atomic mass is 9.65. The molecule has 3 heterocycles. The number of benzene rings is 1. The number of aliphatic carboxylic acids is 1. The van der Waals surface area contributed by atoms with Crippen LogP contribution < -0.4 is 0 Å². The van der Waals surface area contributed by atoms with E-state index in [1.165, 1.54) is 4.90 Å². The average Bonchev–Trinajstić information content (AvgIpc) is 3.38. The zero-order valence-electron chi connectivity index (χ0n) is 18.3. The maximum atomic E-state index is 13.9. The summed E-state index contributed by atoms with van der Waals surface area (Å²) >= 11 is 0. The number of ether oxygens (including phenoxy) is 1. The Morgan fingerprint density at radius 1 is 1.31 bits per heavy atom. The van der Waals surface area contributed by atoms with Gasteiger partial charge in [0.25, 0.3) is 0 Å². The normalized spacial score (nSPS) is 32.8. The van der Waals surface area contributed by atoms with Crippen molar-refractivity contribution in [1.82, 2.24) is 9.80 Å². The molecule has 0 saturated carbocycles. The third-order valence-corrected chi connectivity index (χ3v) is 7.40. The fourth-order valence-corrected chi connectivity index (χ4v) is 6.09. The molecule has 1 aromatic carbocycles. The number of β-amino-alcohol motifs (C(OH)–C–C–N with tert-alkyl or cyclic N) is 1. The highest BCUT2D eigenvalue weighted by molar-refractivity contribution is 5.98. The number of rotatable bonds is 9. The van der Waals surface area contributed by atoms with Crippen LogP contribution in [-0.4, -0.2) is 74.7 Å². The van der Waals surface area contributed by atoms with Gasteiger partial charge in [0.15, 0.2) is 0 Å². The van der Waals surface area contributed by atoms with Crippen LogP contribution in [0.4, 0.5) is 0 Å². The van der Waals surface area contributed by atoms with Crippen molar-refractivity contribution in [3.05, 3.63) is 48.6 Å². The van der Waals surface area contributed by atoms with Crippen LogP contribution in [0.25, 0.3) is 0 Å². The van der Waals surface area contributed by atoms with E-state index in [-0.39, 0.29) is 25.6 Å². The summed E-state index contributed by atoms with van der Waals surface area (Å²) in [6.07, 6.45) is 3.01. The minimum Gasteiger partial charge on any atom is -0.481 e. The van der Waals surface area contributed by atoms with Crippen molar-refractivity contribution in [2.75, 3.05) is 19.7 Å². The molecule has 32 heavy (non-hydrogen) atoms. The largest absolute Gasteiger partial charge is 0.481 e. The minimum atomic E-state index is -1.20. The lowest BCUT2D eigenvalue weighted by molar-refractivity contribution is -0.158. The molecule has 8 nitrogen and oxygen atoms in total. The summed E-state index contributed by atoms with van der Waals surface area (Å²) in [6.45, 7) is 5.86. The summed E-state index contributed by atoms with van der Waals surface area (Å²) in [6, 6.07) is 8.53. The lowest BCUT2D eigenvalue weighted by Crippen LogP contribution is -2.56. The first-order chi connectivity index (χ1) is 15.3. The van der Waals surface area contributed by atoms with Crippen LogP contribution in [0.5, 0.6) is 0 Å². The Labute approximate surface area is 187 Å². The molecule has 3 saturated heterocycles. The summed E-state index contributed by atoms with van der Waals surface area (Å²) < 4.78 is 6.46. The lowest BCUT2D eigenvalue weighted by Gasteiger charge is -2.36. The van der Waals surface area contributed by atoms with Crippen LogP contribution in [-0.2, 0) is 25.7 Å². The topological polar surface area (TPSA) is 107 Å². The second kappa shape index (κ2) is 8.33. The molecule has 5 atom stereocenters. The predicted molar refractivity (Wildman–Crippen MR) is 115 cm³/mol. The number of carbonyl (C=O) groups is 3. The van der Waals surface area contributed by atoms with Gasteiger partial charge in [0.1, 0.15) is 17.6 Å². The van der Waals surface area contributed by atoms with Gasteiger partial charge in [0.2, 0.25) is 11.8 Å². The number of carboxylic acids is 1. The highest BCUT2D eigenvalue weighted by Crippen LogP contribution is 2.64.